The van der Waals surface area contributed by atoms with E-state index in [2.05, 4.69) is 29.4 Å². The summed E-state index contributed by atoms with van der Waals surface area (Å²) >= 11 is 1.55. The zero-order valence-corrected chi connectivity index (χ0v) is 15.8. The minimum Gasteiger partial charge on any atom is -0.444 e. The molecule has 1 aromatic heterocycles. The molecular weight excluding hydrogens is 314 g/mol. The first-order valence-electron chi connectivity index (χ1n) is 8.22. The largest absolute Gasteiger partial charge is 0.444 e. The Morgan fingerprint density at radius 2 is 2.04 bits per heavy atom. The number of carbonyl (C=O) groups excluding carboxylic acids is 1. The summed E-state index contributed by atoms with van der Waals surface area (Å²) in [6.45, 7) is 11.7. The van der Waals surface area contributed by atoms with Crippen LogP contribution < -0.4 is 5.32 Å². The highest BCUT2D eigenvalue weighted by molar-refractivity contribution is 7.99. The number of unbranched alkanes of at least 4 members (excludes halogenated alkanes) is 1. The van der Waals surface area contributed by atoms with Gasteiger partial charge in [0.25, 0.3) is 5.22 Å². The maximum absolute atomic E-state index is 12.1. The van der Waals surface area contributed by atoms with Gasteiger partial charge < -0.3 is 14.5 Å². The van der Waals surface area contributed by atoms with Gasteiger partial charge in [-0.25, -0.2) is 4.79 Å². The molecule has 1 rings (SSSR count). The predicted molar refractivity (Wildman–Crippen MR) is 91.5 cm³/mol. The zero-order chi connectivity index (χ0) is 17.5. The van der Waals surface area contributed by atoms with E-state index in [9.17, 15) is 4.79 Å². The topological polar surface area (TPSA) is 77.2 Å². The molecule has 6 nitrogen and oxygen atoms in total. The van der Waals surface area contributed by atoms with E-state index in [1.807, 2.05) is 27.7 Å². The summed E-state index contributed by atoms with van der Waals surface area (Å²) in [5.74, 6) is 1.55. The van der Waals surface area contributed by atoms with Crippen molar-refractivity contribution >= 4 is 17.9 Å². The fourth-order valence-electron chi connectivity index (χ4n) is 1.83. The Labute approximate surface area is 143 Å². The van der Waals surface area contributed by atoms with E-state index < -0.39 is 11.7 Å². The summed E-state index contributed by atoms with van der Waals surface area (Å²) in [6, 6.07) is -0.345. The Bertz CT molecular complexity index is 485. The number of hydrogen-bond donors (Lipinski definition) is 1. The van der Waals surface area contributed by atoms with Crippen molar-refractivity contribution in [2.75, 3.05) is 5.75 Å². The molecule has 0 aliphatic heterocycles. The number of amides is 1. The van der Waals surface area contributed by atoms with Crippen molar-refractivity contribution in [2.45, 2.75) is 77.7 Å². The lowest BCUT2D eigenvalue weighted by molar-refractivity contribution is 0.0474. The maximum Gasteiger partial charge on any atom is 0.408 e. The van der Waals surface area contributed by atoms with E-state index in [-0.39, 0.29) is 12.0 Å². The van der Waals surface area contributed by atoms with Gasteiger partial charge in [-0.1, -0.05) is 45.4 Å². The normalized spacial score (nSPS) is 14.3. The van der Waals surface area contributed by atoms with Crippen LogP contribution in [0.15, 0.2) is 9.64 Å². The average Bonchev–Trinajstić information content (AvgIpc) is 2.91. The zero-order valence-electron chi connectivity index (χ0n) is 15.0. The second-order valence-electron chi connectivity index (χ2n) is 6.62. The van der Waals surface area contributed by atoms with E-state index in [0.29, 0.717) is 11.1 Å². The van der Waals surface area contributed by atoms with Crippen LogP contribution in [0, 0.1) is 5.92 Å². The SMILES string of the molecule is CCCCSc1nnc([C@@H](NC(=O)OC(C)(C)C)[C@H](C)CC)o1. The highest BCUT2D eigenvalue weighted by atomic mass is 32.2. The van der Waals surface area contributed by atoms with Gasteiger partial charge in [0.2, 0.25) is 5.89 Å². The summed E-state index contributed by atoms with van der Waals surface area (Å²) in [4.78, 5) is 12.1. The Kier molecular flexibility index (Phi) is 7.88. The van der Waals surface area contributed by atoms with Crippen LogP contribution in [0.3, 0.4) is 0 Å². The number of ether oxygens (including phenoxy) is 1. The molecule has 23 heavy (non-hydrogen) atoms. The second-order valence-corrected chi connectivity index (χ2v) is 7.66. The van der Waals surface area contributed by atoms with Gasteiger partial charge in [-0.15, -0.1) is 10.2 Å². The third-order valence-corrected chi connectivity index (χ3v) is 4.20. The highest BCUT2D eigenvalue weighted by Gasteiger charge is 2.28. The van der Waals surface area contributed by atoms with Crippen molar-refractivity contribution in [3.63, 3.8) is 0 Å². The number of alkyl carbamates (subject to hydrolysis) is 1. The van der Waals surface area contributed by atoms with Gasteiger partial charge in [-0.3, -0.25) is 0 Å². The Hall–Kier alpha value is -1.24. The fraction of sp³-hybridized carbons (Fsp3) is 0.812. The van der Waals surface area contributed by atoms with Crippen molar-refractivity contribution in [3.8, 4) is 0 Å². The van der Waals surface area contributed by atoms with E-state index >= 15 is 0 Å². The first kappa shape index (κ1) is 19.8. The third kappa shape index (κ3) is 7.24. The highest BCUT2D eigenvalue weighted by Crippen LogP contribution is 2.27. The van der Waals surface area contributed by atoms with Gasteiger partial charge in [0.05, 0.1) is 0 Å². The molecule has 1 heterocycles. The molecule has 0 bridgehead atoms. The van der Waals surface area contributed by atoms with Crippen LogP contribution in [0.2, 0.25) is 0 Å². The number of carbonyl (C=O) groups is 1. The summed E-state index contributed by atoms with van der Waals surface area (Å²) in [6.07, 6.45) is 2.64. The molecule has 1 amide bonds. The molecule has 0 aromatic carbocycles. The summed E-state index contributed by atoms with van der Waals surface area (Å²) in [5, 5.41) is 11.6. The van der Waals surface area contributed by atoms with Crippen molar-refractivity contribution < 1.29 is 13.9 Å². The molecule has 0 saturated carbocycles. The maximum atomic E-state index is 12.1. The molecule has 1 N–H and O–H groups in total. The first-order chi connectivity index (χ1) is 10.8. The molecule has 0 unspecified atom stereocenters. The molecule has 0 radical (unpaired) electrons. The fourth-order valence-corrected chi connectivity index (χ4v) is 2.68. The van der Waals surface area contributed by atoms with Gasteiger partial charge in [0, 0.05) is 5.75 Å². The van der Waals surface area contributed by atoms with Crippen molar-refractivity contribution in [1.82, 2.24) is 15.5 Å². The summed E-state index contributed by atoms with van der Waals surface area (Å²) in [7, 11) is 0. The van der Waals surface area contributed by atoms with Gasteiger partial charge in [-0.2, -0.15) is 0 Å². The molecule has 0 aliphatic carbocycles. The third-order valence-electron chi connectivity index (χ3n) is 3.30. The number of nitrogens with one attached hydrogen (secondary N) is 1. The number of rotatable bonds is 8. The molecule has 132 valence electrons. The number of aromatic nitrogens is 2. The monoisotopic (exact) mass is 343 g/mol. The van der Waals surface area contributed by atoms with Crippen molar-refractivity contribution in [2.24, 2.45) is 5.92 Å². The van der Waals surface area contributed by atoms with Crippen molar-refractivity contribution in [3.05, 3.63) is 5.89 Å². The van der Waals surface area contributed by atoms with Crippen LogP contribution in [-0.4, -0.2) is 27.6 Å². The van der Waals surface area contributed by atoms with E-state index in [1.54, 1.807) is 11.8 Å². The average molecular weight is 343 g/mol. The smallest absolute Gasteiger partial charge is 0.408 e. The summed E-state index contributed by atoms with van der Waals surface area (Å²) < 4.78 is 11.0. The minimum absolute atomic E-state index is 0.163. The Balaban J connectivity index is 2.76. The second kappa shape index (κ2) is 9.15. The lowest BCUT2D eigenvalue weighted by atomic mass is 9.99. The molecule has 7 heteroatoms. The lowest BCUT2D eigenvalue weighted by Crippen LogP contribution is -2.37. The van der Waals surface area contributed by atoms with E-state index in [4.69, 9.17) is 9.15 Å². The van der Waals surface area contributed by atoms with Gasteiger partial charge in [0.15, 0.2) is 0 Å². The predicted octanol–water partition coefficient (Wildman–Crippen LogP) is 4.57. The van der Waals surface area contributed by atoms with Crippen LogP contribution in [0.4, 0.5) is 4.79 Å². The van der Waals surface area contributed by atoms with Crippen LogP contribution in [-0.2, 0) is 4.74 Å². The van der Waals surface area contributed by atoms with Crippen LogP contribution >= 0.6 is 11.8 Å². The first-order valence-corrected chi connectivity index (χ1v) is 9.21. The van der Waals surface area contributed by atoms with Crippen LogP contribution in [0.5, 0.6) is 0 Å². The lowest BCUT2D eigenvalue weighted by Gasteiger charge is -2.24. The van der Waals surface area contributed by atoms with E-state index in [1.165, 1.54) is 0 Å². The van der Waals surface area contributed by atoms with E-state index in [0.717, 1.165) is 25.0 Å². The van der Waals surface area contributed by atoms with Crippen LogP contribution in [0.25, 0.3) is 0 Å². The van der Waals surface area contributed by atoms with Crippen LogP contribution in [0.1, 0.15) is 72.7 Å². The molecule has 0 aliphatic rings. The van der Waals surface area contributed by atoms with Gasteiger partial charge >= 0.3 is 6.09 Å². The minimum atomic E-state index is -0.542. The standard InChI is InChI=1S/C16H29N3O3S/c1-7-9-10-23-15-19-18-13(21-15)12(11(3)8-2)17-14(20)22-16(4,5)6/h11-12H,7-10H2,1-6H3,(H,17,20)/t11-,12+/m1/s1. The Morgan fingerprint density at radius 1 is 1.35 bits per heavy atom. The van der Waals surface area contributed by atoms with Gasteiger partial charge in [-0.05, 0) is 33.1 Å². The number of thioether (sulfide) groups is 1. The summed E-state index contributed by atoms with van der Waals surface area (Å²) in [5.41, 5.74) is -0.542. The molecule has 1 aromatic rings. The number of nitrogens with zero attached hydrogens (tertiary/aromatic N) is 2. The van der Waals surface area contributed by atoms with Crippen molar-refractivity contribution in [1.29, 1.82) is 0 Å². The molecule has 0 spiro atoms. The van der Waals surface area contributed by atoms with Gasteiger partial charge in [0.1, 0.15) is 11.6 Å². The molecular formula is C16H29N3O3S. The Morgan fingerprint density at radius 3 is 2.61 bits per heavy atom. The molecule has 0 fully saturated rings. The number of hydrogen-bond acceptors (Lipinski definition) is 6. The molecule has 0 saturated heterocycles. The quantitative estimate of drug-likeness (QED) is 0.550. The molecule has 2 atom stereocenters.